The first kappa shape index (κ1) is 12.6. The predicted octanol–water partition coefficient (Wildman–Crippen LogP) is 3.83. The van der Waals surface area contributed by atoms with Crippen molar-refractivity contribution in [3.63, 3.8) is 0 Å². The lowest BCUT2D eigenvalue weighted by Gasteiger charge is -2.30. The van der Waals surface area contributed by atoms with Crippen molar-refractivity contribution >= 4 is 45.8 Å². The number of aromatic amines is 1. The number of imidazole rings is 1. The van der Waals surface area contributed by atoms with Crippen LogP contribution in [0.4, 0.5) is 0 Å². The third-order valence-electron chi connectivity index (χ3n) is 4.01. The smallest absolute Gasteiger partial charge is 0.178 e. The summed E-state index contributed by atoms with van der Waals surface area (Å²) in [4.78, 5) is 3.31. The highest BCUT2D eigenvalue weighted by Crippen LogP contribution is 2.36. The Morgan fingerprint density at radius 3 is 3.00 bits per heavy atom. The van der Waals surface area contributed by atoms with Crippen LogP contribution in [0, 0.1) is 8.34 Å². The van der Waals surface area contributed by atoms with E-state index < -0.39 is 0 Å². The van der Waals surface area contributed by atoms with Crippen LogP contribution in [0.2, 0.25) is 0 Å². The largest absolute Gasteiger partial charge is 0.376 e. The first-order valence-corrected chi connectivity index (χ1v) is 7.53. The van der Waals surface area contributed by atoms with Crippen molar-refractivity contribution in [2.75, 3.05) is 6.61 Å². The summed E-state index contributed by atoms with van der Waals surface area (Å²) in [6.07, 6.45) is 1.18. The Morgan fingerprint density at radius 1 is 1.56 bits per heavy atom. The molecule has 1 saturated heterocycles. The Labute approximate surface area is 125 Å². The maximum atomic E-state index is 5.74. The van der Waals surface area contributed by atoms with E-state index in [2.05, 4.69) is 64.2 Å². The van der Waals surface area contributed by atoms with Gasteiger partial charge in [-0.1, -0.05) is 0 Å². The van der Waals surface area contributed by atoms with Gasteiger partial charge in [-0.2, -0.15) is 0 Å². The van der Waals surface area contributed by atoms with Crippen LogP contribution in [-0.2, 0) is 10.3 Å². The summed E-state index contributed by atoms with van der Waals surface area (Å²) < 4.78 is 9.96. The zero-order chi connectivity index (χ0) is 12.9. The van der Waals surface area contributed by atoms with Crippen molar-refractivity contribution < 1.29 is 4.74 Å². The van der Waals surface area contributed by atoms with Crippen molar-refractivity contribution in [1.29, 1.82) is 0 Å². The fourth-order valence-electron chi connectivity index (χ4n) is 2.71. The molecule has 2 unspecified atom stereocenters. The van der Waals surface area contributed by atoms with Crippen LogP contribution >= 0.6 is 34.8 Å². The van der Waals surface area contributed by atoms with Crippen LogP contribution in [-0.4, -0.2) is 22.3 Å². The lowest BCUT2D eigenvalue weighted by atomic mass is 9.94. The van der Waals surface area contributed by atoms with Crippen LogP contribution in [0.5, 0.6) is 0 Å². The van der Waals surface area contributed by atoms with Gasteiger partial charge < -0.3 is 14.3 Å². The molecule has 1 aliphatic rings. The Morgan fingerprint density at radius 2 is 2.33 bits per heavy atom. The molecular weight excluding hydrogens is 359 g/mol. The predicted molar refractivity (Wildman–Crippen MR) is 83.5 cm³/mol. The molecule has 0 bridgehead atoms. The minimum Gasteiger partial charge on any atom is -0.376 e. The third kappa shape index (κ3) is 1.75. The maximum Gasteiger partial charge on any atom is 0.178 e. The number of nitrogens with zero attached hydrogens (tertiary/aromatic N) is 1. The Bertz CT molecular complexity index is 663. The number of hydrogen-bond donors (Lipinski definition) is 1. The lowest BCUT2D eigenvalue weighted by molar-refractivity contribution is 0.0770. The summed E-state index contributed by atoms with van der Waals surface area (Å²) in [5.41, 5.74) is 2.22. The average molecular weight is 374 g/mol. The van der Waals surface area contributed by atoms with Gasteiger partial charge in [0, 0.05) is 10.2 Å². The summed E-state index contributed by atoms with van der Waals surface area (Å²) in [5.74, 6) is 0. The molecule has 0 aliphatic carbocycles. The summed E-state index contributed by atoms with van der Waals surface area (Å²) in [6, 6.07) is 6.39. The third-order valence-corrected chi connectivity index (χ3v) is 4.96. The summed E-state index contributed by atoms with van der Waals surface area (Å²) >= 11 is 7.82. The summed E-state index contributed by atoms with van der Waals surface area (Å²) in [5, 5.41) is 0. The minimum absolute atomic E-state index is 0.0534. The second-order valence-corrected chi connectivity index (χ2v) is 6.68. The number of ether oxygens (including phenoxy) is 1. The molecule has 3 nitrogen and oxygen atoms in total. The van der Waals surface area contributed by atoms with E-state index in [1.54, 1.807) is 0 Å². The van der Waals surface area contributed by atoms with Gasteiger partial charge in [-0.25, -0.2) is 0 Å². The van der Waals surface area contributed by atoms with E-state index in [4.69, 9.17) is 17.0 Å². The molecule has 1 N–H and O–H groups in total. The normalized spacial score (nSPS) is 28.1. The van der Waals surface area contributed by atoms with Gasteiger partial charge in [-0.15, -0.1) is 0 Å². The van der Waals surface area contributed by atoms with E-state index in [9.17, 15) is 0 Å². The van der Waals surface area contributed by atoms with Crippen LogP contribution in [0.1, 0.15) is 20.3 Å². The SMILES string of the molecule is CC1OCCC1(C)n1c(=S)[nH]c2cc(I)ccc21. The molecule has 1 aromatic carbocycles. The molecule has 5 heteroatoms. The number of nitrogens with one attached hydrogen (secondary N) is 1. The Balaban J connectivity index is 2.29. The molecule has 1 fully saturated rings. The molecule has 1 aromatic heterocycles. The van der Waals surface area contributed by atoms with Gasteiger partial charge in [0.05, 0.1) is 22.7 Å². The van der Waals surface area contributed by atoms with Crippen molar-refractivity contribution in [2.45, 2.75) is 31.9 Å². The van der Waals surface area contributed by atoms with Crippen molar-refractivity contribution in [2.24, 2.45) is 0 Å². The molecule has 3 rings (SSSR count). The van der Waals surface area contributed by atoms with Gasteiger partial charge in [0.15, 0.2) is 4.77 Å². The number of aromatic nitrogens is 2. The molecule has 0 saturated carbocycles. The van der Waals surface area contributed by atoms with E-state index in [1.165, 1.54) is 9.09 Å². The molecule has 2 heterocycles. The van der Waals surface area contributed by atoms with Gasteiger partial charge in [-0.05, 0) is 73.3 Å². The van der Waals surface area contributed by atoms with Gasteiger partial charge in [-0.3, -0.25) is 0 Å². The molecule has 1 aliphatic heterocycles. The zero-order valence-corrected chi connectivity index (χ0v) is 13.3. The molecule has 0 radical (unpaired) electrons. The van der Waals surface area contributed by atoms with E-state index in [0.29, 0.717) is 0 Å². The number of fused-ring (bicyclic) bond motifs is 1. The number of hydrogen-bond acceptors (Lipinski definition) is 2. The van der Waals surface area contributed by atoms with Crippen LogP contribution in [0.25, 0.3) is 11.0 Å². The molecule has 2 atom stereocenters. The van der Waals surface area contributed by atoms with Crippen LogP contribution in [0.15, 0.2) is 18.2 Å². The fraction of sp³-hybridized carbons (Fsp3) is 0.462. The summed E-state index contributed by atoms with van der Waals surface area (Å²) in [7, 11) is 0. The fourth-order valence-corrected chi connectivity index (χ4v) is 3.62. The van der Waals surface area contributed by atoms with E-state index >= 15 is 0 Å². The highest BCUT2D eigenvalue weighted by atomic mass is 127. The molecule has 0 amide bonds. The Hall–Kier alpha value is -0.400. The van der Waals surface area contributed by atoms with Gasteiger partial charge in [0.1, 0.15) is 0 Å². The second kappa shape index (κ2) is 4.31. The highest BCUT2D eigenvalue weighted by molar-refractivity contribution is 14.1. The lowest BCUT2D eigenvalue weighted by Crippen LogP contribution is -2.36. The molecule has 2 aromatic rings. The monoisotopic (exact) mass is 374 g/mol. The van der Waals surface area contributed by atoms with Crippen LogP contribution in [0.3, 0.4) is 0 Å². The average Bonchev–Trinajstić information content (AvgIpc) is 2.79. The number of H-pyrrole nitrogens is 1. The molecule has 18 heavy (non-hydrogen) atoms. The van der Waals surface area contributed by atoms with Crippen molar-refractivity contribution in [3.8, 4) is 0 Å². The molecule has 0 spiro atoms. The van der Waals surface area contributed by atoms with E-state index in [0.717, 1.165) is 23.3 Å². The summed E-state index contributed by atoms with van der Waals surface area (Å²) in [6.45, 7) is 5.16. The van der Waals surface area contributed by atoms with E-state index in [-0.39, 0.29) is 11.6 Å². The van der Waals surface area contributed by atoms with E-state index in [1.807, 2.05) is 0 Å². The number of halogens is 1. The van der Waals surface area contributed by atoms with Crippen molar-refractivity contribution in [1.82, 2.24) is 9.55 Å². The minimum atomic E-state index is -0.0534. The number of rotatable bonds is 1. The molecular formula is C13H15IN2OS. The first-order valence-electron chi connectivity index (χ1n) is 6.05. The highest BCUT2D eigenvalue weighted by Gasteiger charge is 2.40. The standard InChI is InChI=1S/C13H15IN2OS/c1-8-13(2,5-6-17-8)16-11-4-3-9(14)7-10(11)15-12(16)18/h3-4,7-8H,5-6H2,1-2H3,(H,15,18). The zero-order valence-electron chi connectivity index (χ0n) is 10.4. The molecule has 96 valence electrons. The quantitative estimate of drug-likeness (QED) is 0.608. The van der Waals surface area contributed by atoms with Gasteiger partial charge >= 0.3 is 0 Å². The topological polar surface area (TPSA) is 29.9 Å². The number of benzene rings is 1. The van der Waals surface area contributed by atoms with Gasteiger partial charge in [0.25, 0.3) is 0 Å². The van der Waals surface area contributed by atoms with Gasteiger partial charge in [0.2, 0.25) is 0 Å². The Kier molecular flexibility index (Phi) is 3.03. The van der Waals surface area contributed by atoms with Crippen LogP contribution < -0.4 is 0 Å². The van der Waals surface area contributed by atoms with Crippen molar-refractivity contribution in [3.05, 3.63) is 26.5 Å². The maximum absolute atomic E-state index is 5.74. The second-order valence-electron chi connectivity index (χ2n) is 5.05. The first-order chi connectivity index (χ1) is 8.52.